The molecule has 0 N–H and O–H groups in total. The van der Waals surface area contributed by atoms with Crippen molar-refractivity contribution in [3.8, 4) is 23.1 Å². The van der Waals surface area contributed by atoms with Crippen LogP contribution in [0.25, 0.3) is 11.5 Å². The van der Waals surface area contributed by atoms with E-state index in [1.165, 1.54) is 0 Å². The highest BCUT2D eigenvalue weighted by Gasteiger charge is 2.21. The number of benzene rings is 2. The number of aromatic nitrogens is 3. The number of halogens is 1. The van der Waals surface area contributed by atoms with Gasteiger partial charge >= 0.3 is 0 Å². The van der Waals surface area contributed by atoms with Gasteiger partial charge in [-0.2, -0.15) is 0 Å². The summed E-state index contributed by atoms with van der Waals surface area (Å²) >= 11 is 3.42. The van der Waals surface area contributed by atoms with Gasteiger partial charge in [0.2, 0.25) is 11.8 Å². The topological polar surface area (TPSA) is 61.0 Å². The van der Waals surface area contributed by atoms with Crippen LogP contribution < -0.4 is 4.74 Å². The van der Waals surface area contributed by atoms with Crippen LogP contribution in [-0.4, -0.2) is 15.2 Å². The standard InChI is InChI=1S/C22H18BrN3O2/c1-2-18(15-7-4-3-5-8-15)21-25-26-22(28-21)19-9-6-14-24-20(19)27-17-12-10-16(23)11-13-17/h3-14,18H,2H2,1H3. The average molecular weight is 436 g/mol. The summed E-state index contributed by atoms with van der Waals surface area (Å²) in [6.45, 7) is 2.10. The van der Waals surface area contributed by atoms with Gasteiger partial charge in [0.25, 0.3) is 5.89 Å². The molecule has 0 aliphatic heterocycles. The molecule has 4 rings (SSSR count). The van der Waals surface area contributed by atoms with Crippen molar-refractivity contribution < 1.29 is 9.15 Å². The van der Waals surface area contributed by atoms with Crippen LogP contribution >= 0.6 is 15.9 Å². The summed E-state index contributed by atoms with van der Waals surface area (Å²) in [4.78, 5) is 4.34. The fourth-order valence-corrected chi connectivity index (χ4v) is 3.24. The first-order chi connectivity index (χ1) is 13.7. The van der Waals surface area contributed by atoms with E-state index in [0.29, 0.717) is 29.0 Å². The summed E-state index contributed by atoms with van der Waals surface area (Å²) < 4.78 is 12.9. The van der Waals surface area contributed by atoms with E-state index >= 15 is 0 Å². The van der Waals surface area contributed by atoms with E-state index in [0.717, 1.165) is 16.5 Å². The third kappa shape index (κ3) is 3.97. The highest BCUT2D eigenvalue weighted by atomic mass is 79.9. The molecule has 0 saturated heterocycles. The van der Waals surface area contributed by atoms with Crippen LogP contribution in [0.1, 0.15) is 30.7 Å². The molecule has 28 heavy (non-hydrogen) atoms. The molecular weight excluding hydrogens is 418 g/mol. The first-order valence-corrected chi connectivity index (χ1v) is 9.81. The summed E-state index contributed by atoms with van der Waals surface area (Å²) in [5.41, 5.74) is 1.81. The van der Waals surface area contributed by atoms with Crippen molar-refractivity contribution >= 4 is 15.9 Å². The maximum Gasteiger partial charge on any atom is 0.253 e. The van der Waals surface area contributed by atoms with Crippen LogP contribution in [-0.2, 0) is 0 Å². The first kappa shape index (κ1) is 18.4. The van der Waals surface area contributed by atoms with E-state index in [9.17, 15) is 0 Å². The Morgan fingerprint density at radius 1 is 0.964 bits per heavy atom. The summed E-state index contributed by atoms with van der Waals surface area (Å²) in [5, 5.41) is 8.55. The zero-order valence-corrected chi connectivity index (χ0v) is 16.8. The maximum atomic E-state index is 6.02. The Bertz CT molecular complexity index is 1050. The molecule has 2 heterocycles. The number of nitrogens with zero attached hydrogens (tertiary/aromatic N) is 3. The van der Waals surface area contributed by atoms with E-state index in [1.54, 1.807) is 6.20 Å². The summed E-state index contributed by atoms with van der Waals surface area (Å²) in [6, 6.07) is 21.4. The third-order valence-corrected chi connectivity index (χ3v) is 4.91. The van der Waals surface area contributed by atoms with Gasteiger partial charge in [-0.3, -0.25) is 0 Å². The summed E-state index contributed by atoms with van der Waals surface area (Å²) in [5.74, 6) is 2.13. The molecule has 6 heteroatoms. The highest BCUT2D eigenvalue weighted by Crippen LogP contribution is 2.33. The Morgan fingerprint density at radius 2 is 1.75 bits per heavy atom. The predicted molar refractivity (Wildman–Crippen MR) is 110 cm³/mol. The molecule has 4 aromatic rings. The van der Waals surface area contributed by atoms with Crippen molar-refractivity contribution in [3.05, 3.63) is 88.9 Å². The Labute approximate surface area is 171 Å². The van der Waals surface area contributed by atoms with Crippen molar-refractivity contribution in [1.82, 2.24) is 15.2 Å². The van der Waals surface area contributed by atoms with E-state index in [-0.39, 0.29) is 5.92 Å². The molecule has 2 aromatic carbocycles. The minimum atomic E-state index is 0.0509. The zero-order chi connectivity index (χ0) is 19.3. The normalized spacial score (nSPS) is 11.9. The van der Waals surface area contributed by atoms with E-state index in [2.05, 4.69) is 50.2 Å². The largest absolute Gasteiger partial charge is 0.438 e. The summed E-state index contributed by atoms with van der Waals surface area (Å²) in [7, 11) is 0. The highest BCUT2D eigenvalue weighted by molar-refractivity contribution is 9.10. The second-order valence-corrected chi connectivity index (χ2v) is 7.14. The van der Waals surface area contributed by atoms with Crippen molar-refractivity contribution in [2.75, 3.05) is 0 Å². The van der Waals surface area contributed by atoms with Crippen LogP contribution in [0.2, 0.25) is 0 Å². The molecule has 5 nitrogen and oxygen atoms in total. The molecule has 0 bridgehead atoms. The van der Waals surface area contributed by atoms with Crippen LogP contribution in [0.15, 0.2) is 81.8 Å². The van der Waals surface area contributed by atoms with Gasteiger partial charge in [0.05, 0.1) is 5.92 Å². The lowest BCUT2D eigenvalue weighted by molar-refractivity contribution is 0.452. The average Bonchev–Trinajstić information content (AvgIpc) is 3.21. The molecule has 0 radical (unpaired) electrons. The number of ether oxygens (including phenoxy) is 1. The second-order valence-electron chi connectivity index (χ2n) is 6.23. The number of hydrogen-bond donors (Lipinski definition) is 0. The van der Waals surface area contributed by atoms with Gasteiger partial charge in [-0.15, -0.1) is 10.2 Å². The van der Waals surface area contributed by atoms with Crippen molar-refractivity contribution in [3.63, 3.8) is 0 Å². The third-order valence-electron chi connectivity index (χ3n) is 4.38. The van der Waals surface area contributed by atoms with Crippen molar-refractivity contribution in [1.29, 1.82) is 0 Å². The molecule has 0 fully saturated rings. The minimum Gasteiger partial charge on any atom is -0.438 e. The molecular formula is C22H18BrN3O2. The van der Waals surface area contributed by atoms with Gasteiger partial charge < -0.3 is 9.15 Å². The lowest BCUT2D eigenvalue weighted by Crippen LogP contribution is -1.99. The Hall–Kier alpha value is -2.99. The van der Waals surface area contributed by atoms with Crippen LogP contribution in [0.5, 0.6) is 11.6 Å². The fraction of sp³-hybridized carbons (Fsp3) is 0.136. The Balaban J connectivity index is 1.64. The van der Waals surface area contributed by atoms with Gasteiger partial charge in [-0.05, 0) is 48.4 Å². The molecule has 0 aliphatic rings. The first-order valence-electron chi connectivity index (χ1n) is 9.01. The van der Waals surface area contributed by atoms with Crippen LogP contribution in [0.4, 0.5) is 0 Å². The van der Waals surface area contributed by atoms with Crippen molar-refractivity contribution in [2.24, 2.45) is 0 Å². The Morgan fingerprint density at radius 3 is 2.50 bits per heavy atom. The molecule has 2 aromatic heterocycles. The number of rotatable bonds is 6. The van der Waals surface area contributed by atoms with Crippen LogP contribution in [0.3, 0.4) is 0 Å². The van der Waals surface area contributed by atoms with E-state index < -0.39 is 0 Å². The monoisotopic (exact) mass is 435 g/mol. The smallest absolute Gasteiger partial charge is 0.253 e. The SMILES string of the molecule is CCC(c1ccccc1)c1nnc(-c2cccnc2Oc2ccc(Br)cc2)o1. The van der Waals surface area contributed by atoms with Gasteiger partial charge in [0, 0.05) is 10.7 Å². The summed E-state index contributed by atoms with van der Waals surface area (Å²) in [6.07, 6.45) is 2.54. The lowest BCUT2D eigenvalue weighted by Gasteiger charge is -2.10. The quantitative estimate of drug-likeness (QED) is 0.359. The fourth-order valence-electron chi connectivity index (χ4n) is 2.97. The second kappa shape index (κ2) is 8.35. The molecule has 0 saturated carbocycles. The minimum absolute atomic E-state index is 0.0509. The predicted octanol–water partition coefficient (Wildman–Crippen LogP) is 6.23. The van der Waals surface area contributed by atoms with Crippen molar-refractivity contribution in [2.45, 2.75) is 19.3 Å². The molecule has 0 spiro atoms. The molecule has 0 amide bonds. The van der Waals surface area contributed by atoms with E-state index in [4.69, 9.17) is 9.15 Å². The van der Waals surface area contributed by atoms with Gasteiger partial charge in [0.1, 0.15) is 11.3 Å². The van der Waals surface area contributed by atoms with E-state index in [1.807, 2.05) is 54.6 Å². The van der Waals surface area contributed by atoms with Gasteiger partial charge in [0.15, 0.2) is 0 Å². The maximum absolute atomic E-state index is 6.02. The number of pyridine rings is 1. The number of hydrogen-bond acceptors (Lipinski definition) is 5. The molecule has 1 atom stereocenters. The molecule has 140 valence electrons. The Kier molecular flexibility index (Phi) is 5.48. The lowest BCUT2D eigenvalue weighted by atomic mass is 9.97. The van der Waals surface area contributed by atoms with Gasteiger partial charge in [-0.1, -0.05) is 53.2 Å². The molecule has 1 unspecified atom stereocenters. The van der Waals surface area contributed by atoms with Gasteiger partial charge in [-0.25, -0.2) is 4.98 Å². The zero-order valence-electron chi connectivity index (χ0n) is 15.2. The molecule has 0 aliphatic carbocycles. The van der Waals surface area contributed by atoms with Crippen LogP contribution in [0, 0.1) is 0 Å².